The summed E-state index contributed by atoms with van der Waals surface area (Å²) in [6.45, 7) is 1.33. The molecule has 0 bridgehead atoms. The molecule has 0 aromatic heterocycles. The van der Waals surface area contributed by atoms with Gasteiger partial charge in [-0.25, -0.2) is 0 Å². The Morgan fingerprint density at radius 1 is 0.800 bits per heavy atom. The van der Waals surface area contributed by atoms with E-state index in [1.54, 1.807) is 30.3 Å². The van der Waals surface area contributed by atoms with Gasteiger partial charge in [0.1, 0.15) is 10.0 Å². The van der Waals surface area contributed by atoms with Crippen LogP contribution in [0.2, 0.25) is 0 Å². The molecule has 2 aromatic rings. The number of hydrogen-bond donors (Lipinski definition) is 0. The van der Waals surface area contributed by atoms with Gasteiger partial charge in [-0.15, -0.1) is 0 Å². The summed E-state index contributed by atoms with van der Waals surface area (Å²) < 4.78 is 66.1. The maximum absolute atomic E-state index is 11.4. The van der Waals surface area contributed by atoms with Crippen LogP contribution in [0.4, 0.5) is 0 Å². The molecule has 0 radical (unpaired) electrons. The monoisotopic (exact) mass is 440 g/mol. The highest BCUT2D eigenvalue weighted by Gasteiger charge is 2.50. The third-order valence-corrected chi connectivity index (χ3v) is 5.03. The zero-order valence-corrected chi connectivity index (χ0v) is 17.8. The largest absolute Gasteiger partial charge is 0.493 e. The fraction of sp³-hybridized carbons (Fsp3) is 0.300. The van der Waals surface area contributed by atoms with Crippen LogP contribution < -0.4 is 32.9 Å². The molecular formula is C20H21ClO9. The molecule has 0 spiro atoms. The van der Waals surface area contributed by atoms with E-state index in [-0.39, 0.29) is 11.3 Å². The molecule has 1 atom stereocenters. The fourth-order valence-electron chi connectivity index (χ4n) is 3.21. The van der Waals surface area contributed by atoms with Crippen LogP contribution >= 0.6 is 0 Å². The first kappa shape index (κ1) is 22.0. The predicted molar refractivity (Wildman–Crippen MR) is 96.5 cm³/mol. The lowest BCUT2D eigenvalue weighted by Crippen LogP contribution is -2.64. The van der Waals surface area contributed by atoms with Crippen molar-refractivity contribution in [3.63, 3.8) is 0 Å². The molecule has 0 saturated heterocycles. The van der Waals surface area contributed by atoms with E-state index >= 15 is 0 Å². The minimum atomic E-state index is -4.80. The van der Waals surface area contributed by atoms with Crippen molar-refractivity contribution in [3.8, 4) is 23.0 Å². The SMILES string of the molecule is COc1ccc(C2=Cc3cc(OC)c(OC)cc3C(C)(O[Cl+3]([O-])([O-])[O-])O2)cc1OC. The van der Waals surface area contributed by atoms with Crippen LogP contribution in [0.5, 0.6) is 23.0 Å². The van der Waals surface area contributed by atoms with E-state index < -0.39 is 16.0 Å². The minimum absolute atomic E-state index is 0.247. The van der Waals surface area contributed by atoms with E-state index in [9.17, 15) is 14.0 Å². The average Bonchev–Trinajstić information content (AvgIpc) is 2.70. The predicted octanol–water partition coefficient (Wildman–Crippen LogP) is 0.336. The first-order valence-corrected chi connectivity index (χ1v) is 9.88. The highest BCUT2D eigenvalue weighted by Crippen LogP contribution is 2.46. The van der Waals surface area contributed by atoms with Crippen molar-refractivity contribution < 1.29 is 52.2 Å². The molecular weight excluding hydrogens is 420 g/mol. The van der Waals surface area contributed by atoms with Crippen molar-refractivity contribution in [1.82, 2.24) is 0 Å². The quantitative estimate of drug-likeness (QED) is 0.599. The van der Waals surface area contributed by atoms with Gasteiger partial charge in [0, 0.05) is 12.5 Å². The second-order valence-corrected chi connectivity index (χ2v) is 7.29. The van der Waals surface area contributed by atoms with Crippen LogP contribution in [0.15, 0.2) is 30.3 Å². The van der Waals surface area contributed by atoms with Crippen molar-refractivity contribution in [2.75, 3.05) is 28.4 Å². The normalized spacial score (nSPS) is 18.1. The van der Waals surface area contributed by atoms with Crippen LogP contribution in [0.1, 0.15) is 23.6 Å². The van der Waals surface area contributed by atoms with Gasteiger partial charge in [0.2, 0.25) is 0 Å². The third-order valence-electron chi connectivity index (χ3n) is 4.55. The highest BCUT2D eigenvalue weighted by atomic mass is 35.7. The lowest BCUT2D eigenvalue weighted by atomic mass is 9.95. The third kappa shape index (κ3) is 4.25. The van der Waals surface area contributed by atoms with Gasteiger partial charge in [0.25, 0.3) is 0 Å². The number of halogens is 1. The van der Waals surface area contributed by atoms with E-state index in [1.807, 2.05) is 0 Å². The van der Waals surface area contributed by atoms with Gasteiger partial charge in [0.15, 0.2) is 23.0 Å². The second kappa shape index (κ2) is 8.21. The van der Waals surface area contributed by atoms with Gasteiger partial charge in [-0.05, 0) is 42.0 Å². The summed E-state index contributed by atoms with van der Waals surface area (Å²) in [5.74, 6) is -0.0339. The van der Waals surface area contributed by atoms with Gasteiger partial charge >= 0.3 is 5.79 Å². The second-order valence-electron chi connectivity index (χ2n) is 6.38. The summed E-state index contributed by atoms with van der Waals surface area (Å²) in [6.07, 6.45) is 1.66. The Labute approximate surface area is 175 Å². The van der Waals surface area contributed by atoms with Gasteiger partial charge in [0.05, 0.1) is 44.2 Å². The average molecular weight is 441 g/mol. The lowest BCUT2D eigenvalue weighted by molar-refractivity contribution is -1.92. The zero-order chi connectivity index (χ0) is 22.1. The smallest absolute Gasteiger partial charge is 0.386 e. The van der Waals surface area contributed by atoms with Gasteiger partial charge in [-0.2, -0.15) is 14.0 Å². The summed E-state index contributed by atoms with van der Waals surface area (Å²) in [7, 11) is 1.09. The summed E-state index contributed by atoms with van der Waals surface area (Å²) in [6, 6.07) is 8.15. The maximum atomic E-state index is 11.4. The molecule has 10 heteroatoms. The number of rotatable bonds is 7. The first-order chi connectivity index (χ1) is 14.1. The van der Waals surface area contributed by atoms with Gasteiger partial charge < -0.3 is 23.7 Å². The van der Waals surface area contributed by atoms with E-state index in [4.69, 9.17) is 28.0 Å². The van der Waals surface area contributed by atoms with Crippen molar-refractivity contribution in [1.29, 1.82) is 0 Å². The fourth-order valence-corrected chi connectivity index (χ4v) is 3.69. The van der Waals surface area contributed by atoms with E-state index in [0.29, 0.717) is 34.1 Å². The number of ether oxygens (including phenoxy) is 5. The highest BCUT2D eigenvalue weighted by molar-refractivity contribution is 5.82. The van der Waals surface area contributed by atoms with Crippen LogP contribution in [-0.2, 0) is 14.8 Å². The molecule has 1 heterocycles. The zero-order valence-electron chi connectivity index (χ0n) is 17.0. The van der Waals surface area contributed by atoms with Crippen LogP contribution in [-0.4, -0.2) is 28.4 Å². The van der Waals surface area contributed by atoms with Crippen LogP contribution in [0.3, 0.4) is 0 Å². The van der Waals surface area contributed by atoms with Crippen molar-refractivity contribution in [2.24, 2.45) is 0 Å². The van der Waals surface area contributed by atoms with Crippen molar-refractivity contribution in [3.05, 3.63) is 47.0 Å². The molecule has 0 amide bonds. The Morgan fingerprint density at radius 2 is 1.37 bits per heavy atom. The summed E-state index contributed by atoms with van der Waals surface area (Å²) in [5, 5.41) is 0. The number of hydrogen-bond acceptors (Lipinski definition) is 9. The molecule has 0 aliphatic carbocycles. The Kier molecular flexibility index (Phi) is 6.02. The molecule has 1 aliphatic heterocycles. The van der Waals surface area contributed by atoms with Gasteiger partial charge in [-0.3, -0.25) is 0 Å². The standard InChI is InChI=1S/C20H21ClO9/c1-20(30-21(22,23)24)14-11-19(28-5)18(27-4)10-13(14)9-16(29-20)12-6-7-15(25-2)17(8-12)26-3/h6-11H,1-5H3. The molecule has 0 saturated carbocycles. The molecule has 0 N–H and O–H groups in total. The van der Waals surface area contributed by atoms with Crippen LogP contribution in [0.25, 0.3) is 11.8 Å². The minimum Gasteiger partial charge on any atom is -0.493 e. The molecule has 3 rings (SSSR count). The van der Waals surface area contributed by atoms with E-state index in [0.717, 1.165) is 0 Å². The van der Waals surface area contributed by atoms with Crippen molar-refractivity contribution in [2.45, 2.75) is 12.7 Å². The Balaban J connectivity index is 2.19. The molecule has 9 nitrogen and oxygen atoms in total. The van der Waals surface area contributed by atoms with Crippen LogP contribution in [0, 0.1) is 10.2 Å². The molecule has 0 fully saturated rings. The number of methoxy groups -OCH3 is 4. The van der Waals surface area contributed by atoms with Crippen molar-refractivity contribution >= 4 is 11.8 Å². The Hall–Kier alpha value is -2.69. The topological polar surface area (TPSA) is 125 Å². The van der Waals surface area contributed by atoms with Gasteiger partial charge in [-0.1, -0.05) is 0 Å². The molecule has 30 heavy (non-hydrogen) atoms. The first-order valence-electron chi connectivity index (χ1n) is 8.65. The molecule has 1 aliphatic rings. The van der Waals surface area contributed by atoms with E-state index in [2.05, 4.69) is 0 Å². The summed E-state index contributed by atoms with van der Waals surface area (Å²) in [5.41, 5.74) is 1.34. The molecule has 2 aromatic carbocycles. The molecule has 162 valence electrons. The molecule has 1 unspecified atom stereocenters. The maximum Gasteiger partial charge on any atom is 0.386 e. The van der Waals surface area contributed by atoms with E-state index in [1.165, 1.54) is 41.4 Å². The Bertz CT molecular complexity index is 967. The number of fused-ring (bicyclic) bond motifs is 1. The Morgan fingerprint density at radius 3 is 1.93 bits per heavy atom. The lowest BCUT2D eigenvalue weighted by Gasteiger charge is -2.32. The summed E-state index contributed by atoms with van der Waals surface area (Å²) >= 11 is 0. The number of benzene rings is 2. The summed E-state index contributed by atoms with van der Waals surface area (Å²) in [4.78, 5) is 0.